The average Bonchev–Trinajstić information content (AvgIpc) is 2.52. The van der Waals surface area contributed by atoms with Gasteiger partial charge in [-0.05, 0) is 30.5 Å². The van der Waals surface area contributed by atoms with E-state index >= 15 is 0 Å². The predicted octanol–water partition coefficient (Wildman–Crippen LogP) is 3.51. The number of nitriles is 1. The van der Waals surface area contributed by atoms with Crippen molar-refractivity contribution in [3.63, 3.8) is 0 Å². The van der Waals surface area contributed by atoms with Crippen LogP contribution in [0.25, 0.3) is 0 Å². The van der Waals surface area contributed by atoms with Crippen LogP contribution in [-0.4, -0.2) is 11.5 Å². The first kappa shape index (κ1) is 14.5. The highest BCUT2D eigenvalue weighted by Crippen LogP contribution is 2.23. The summed E-state index contributed by atoms with van der Waals surface area (Å²) in [4.78, 5) is 10.5. The van der Waals surface area contributed by atoms with Gasteiger partial charge in [0.1, 0.15) is 5.69 Å². The third kappa shape index (κ3) is 3.80. The Labute approximate surface area is 123 Å². The fraction of sp³-hybridized carbons (Fsp3) is 0.188. The third-order valence-corrected chi connectivity index (χ3v) is 3.18. The Hall–Kier alpha value is -2.87. The van der Waals surface area contributed by atoms with Gasteiger partial charge in [-0.1, -0.05) is 30.3 Å². The molecular formula is C16H15N3O2. The van der Waals surface area contributed by atoms with Crippen molar-refractivity contribution in [3.8, 4) is 6.07 Å². The summed E-state index contributed by atoms with van der Waals surface area (Å²) in [5.41, 5.74) is 2.29. The summed E-state index contributed by atoms with van der Waals surface area (Å²) in [5.74, 6) is 0. The second-order valence-electron chi connectivity index (χ2n) is 4.57. The van der Waals surface area contributed by atoms with Crippen LogP contribution in [0.15, 0.2) is 48.5 Å². The molecule has 5 heteroatoms. The first-order valence-corrected chi connectivity index (χ1v) is 6.67. The molecule has 0 saturated carbocycles. The molecule has 0 radical (unpaired) electrons. The normalized spacial score (nSPS) is 9.86. The molecule has 0 aliphatic heterocycles. The van der Waals surface area contributed by atoms with E-state index < -0.39 is 4.92 Å². The summed E-state index contributed by atoms with van der Waals surface area (Å²) < 4.78 is 0. The van der Waals surface area contributed by atoms with Crippen molar-refractivity contribution >= 4 is 11.4 Å². The number of anilines is 1. The van der Waals surface area contributed by atoms with Crippen LogP contribution in [0, 0.1) is 21.4 Å². The first-order valence-electron chi connectivity index (χ1n) is 6.67. The highest BCUT2D eigenvalue weighted by Gasteiger charge is 2.11. The van der Waals surface area contributed by atoms with Gasteiger partial charge < -0.3 is 5.32 Å². The number of aryl methyl sites for hydroxylation is 1. The lowest BCUT2D eigenvalue weighted by Gasteiger charge is -2.07. The van der Waals surface area contributed by atoms with Crippen LogP contribution in [-0.2, 0) is 6.42 Å². The maximum absolute atomic E-state index is 10.9. The number of nitro groups is 1. The van der Waals surface area contributed by atoms with Gasteiger partial charge in [-0.2, -0.15) is 5.26 Å². The minimum atomic E-state index is -0.396. The van der Waals surface area contributed by atoms with Gasteiger partial charge in [0.15, 0.2) is 0 Å². The summed E-state index contributed by atoms with van der Waals surface area (Å²) in [6.07, 6.45) is 1.56. The Balaban J connectivity index is 1.91. The van der Waals surface area contributed by atoms with E-state index in [0.717, 1.165) is 18.4 Å². The van der Waals surface area contributed by atoms with E-state index in [-0.39, 0.29) is 5.69 Å². The van der Waals surface area contributed by atoms with Crippen molar-refractivity contribution in [3.05, 3.63) is 69.8 Å². The lowest BCUT2D eigenvalue weighted by Crippen LogP contribution is -2.05. The Morgan fingerprint density at radius 2 is 1.86 bits per heavy atom. The number of rotatable bonds is 6. The molecule has 2 rings (SSSR count). The van der Waals surface area contributed by atoms with E-state index in [1.54, 1.807) is 24.3 Å². The van der Waals surface area contributed by atoms with Crippen LogP contribution < -0.4 is 5.32 Å². The fourth-order valence-corrected chi connectivity index (χ4v) is 2.13. The largest absolute Gasteiger partial charge is 0.379 e. The third-order valence-electron chi connectivity index (χ3n) is 3.18. The Morgan fingerprint density at radius 1 is 1.14 bits per heavy atom. The summed E-state index contributed by atoms with van der Waals surface area (Å²) in [7, 11) is 0. The lowest BCUT2D eigenvalue weighted by atomic mass is 10.0. The molecule has 0 aromatic heterocycles. The van der Waals surface area contributed by atoms with E-state index in [0.29, 0.717) is 17.8 Å². The molecule has 0 unspecified atom stereocenters. The van der Waals surface area contributed by atoms with Crippen LogP contribution in [0.1, 0.15) is 17.5 Å². The van der Waals surface area contributed by atoms with Gasteiger partial charge in [-0.3, -0.25) is 10.1 Å². The average molecular weight is 281 g/mol. The van der Waals surface area contributed by atoms with E-state index in [9.17, 15) is 10.1 Å². The topological polar surface area (TPSA) is 79.0 Å². The highest BCUT2D eigenvalue weighted by molar-refractivity contribution is 5.61. The van der Waals surface area contributed by atoms with Gasteiger partial charge in [0.25, 0.3) is 5.69 Å². The molecule has 0 atom stereocenters. The maximum atomic E-state index is 10.9. The molecule has 0 aliphatic rings. The molecule has 0 aliphatic carbocycles. The van der Waals surface area contributed by atoms with Crippen molar-refractivity contribution < 1.29 is 4.92 Å². The number of para-hydroxylation sites is 2. The molecule has 2 aromatic carbocycles. The van der Waals surface area contributed by atoms with Gasteiger partial charge in [-0.25, -0.2) is 0 Å². The van der Waals surface area contributed by atoms with Crippen LogP contribution >= 0.6 is 0 Å². The molecule has 106 valence electrons. The zero-order chi connectivity index (χ0) is 15.1. The van der Waals surface area contributed by atoms with Gasteiger partial charge in [0.05, 0.1) is 16.6 Å². The number of nitro benzene ring substituents is 1. The molecule has 0 fully saturated rings. The van der Waals surface area contributed by atoms with Crippen LogP contribution in [0.5, 0.6) is 0 Å². The Morgan fingerprint density at radius 3 is 2.62 bits per heavy atom. The molecule has 0 saturated heterocycles. The number of benzene rings is 2. The molecule has 5 nitrogen and oxygen atoms in total. The summed E-state index contributed by atoms with van der Waals surface area (Å²) in [6, 6.07) is 16.2. The number of nitrogens with zero attached hydrogens (tertiary/aromatic N) is 2. The molecule has 2 aromatic rings. The summed E-state index contributed by atoms with van der Waals surface area (Å²) in [6.45, 7) is 0.616. The molecule has 0 amide bonds. The zero-order valence-corrected chi connectivity index (χ0v) is 11.5. The van der Waals surface area contributed by atoms with Gasteiger partial charge in [0, 0.05) is 12.6 Å². The van der Waals surface area contributed by atoms with E-state index in [1.807, 2.05) is 18.2 Å². The summed E-state index contributed by atoms with van der Waals surface area (Å²) in [5, 5.41) is 23.0. The molecule has 0 spiro atoms. The molecule has 0 heterocycles. The number of hydrogen-bond donors (Lipinski definition) is 1. The minimum absolute atomic E-state index is 0.0786. The van der Waals surface area contributed by atoms with Crippen LogP contribution in [0.4, 0.5) is 11.4 Å². The van der Waals surface area contributed by atoms with Gasteiger partial charge in [-0.15, -0.1) is 0 Å². The first-order chi connectivity index (χ1) is 10.2. The Kier molecular flexibility index (Phi) is 4.89. The van der Waals surface area contributed by atoms with Gasteiger partial charge in [0.2, 0.25) is 0 Å². The molecule has 21 heavy (non-hydrogen) atoms. The Bertz CT molecular complexity index is 677. The monoisotopic (exact) mass is 281 g/mol. The number of hydrogen-bond acceptors (Lipinski definition) is 4. The zero-order valence-electron chi connectivity index (χ0n) is 11.5. The van der Waals surface area contributed by atoms with Crippen molar-refractivity contribution in [1.82, 2.24) is 0 Å². The second kappa shape index (κ2) is 7.06. The van der Waals surface area contributed by atoms with Crippen molar-refractivity contribution in [2.75, 3.05) is 11.9 Å². The fourth-order valence-electron chi connectivity index (χ4n) is 2.13. The van der Waals surface area contributed by atoms with Crippen molar-refractivity contribution in [2.45, 2.75) is 12.8 Å². The highest BCUT2D eigenvalue weighted by atomic mass is 16.6. The van der Waals surface area contributed by atoms with E-state index in [2.05, 4.69) is 11.4 Å². The van der Waals surface area contributed by atoms with Crippen molar-refractivity contribution in [1.29, 1.82) is 5.26 Å². The maximum Gasteiger partial charge on any atom is 0.292 e. The molecule has 0 bridgehead atoms. The molecule has 1 N–H and O–H groups in total. The van der Waals surface area contributed by atoms with Crippen LogP contribution in [0.3, 0.4) is 0 Å². The molecular weight excluding hydrogens is 266 g/mol. The van der Waals surface area contributed by atoms with Gasteiger partial charge >= 0.3 is 0 Å². The lowest BCUT2D eigenvalue weighted by molar-refractivity contribution is -0.384. The van der Waals surface area contributed by atoms with E-state index in [1.165, 1.54) is 6.07 Å². The van der Waals surface area contributed by atoms with Crippen LogP contribution in [0.2, 0.25) is 0 Å². The standard InChI is InChI=1S/C16H15N3O2/c17-12-14-7-2-1-6-13(14)8-5-11-18-15-9-3-4-10-16(15)19(20)21/h1-4,6-7,9-10,18H,5,8,11H2. The summed E-state index contributed by atoms with van der Waals surface area (Å²) >= 11 is 0. The quantitative estimate of drug-likeness (QED) is 0.499. The smallest absolute Gasteiger partial charge is 0.292 e. The SMILES string of the molecule is N#Cc1ccccc1CCCNc1ccccc1[N+](=O)[O-]. The number of nitrogens with one attached hydrogen (secondary N) is 1. The minimum Gasteiger partial charge on any atom is -0.379 e. The second-order valence-corrected chi connectivity index (χ2v) is 4.57. The van der Waals surface area contributed by atoms with E-state index in [4.69, 9.17) is 5.26 Å². The van der Waals surface area contributed by atoms with Crippen molar-refractivity contribution in [2.24, 2.45) is 0 Å². The predicted molar refractivity (Wildman–Crippen MR) is 81.1 cm³/mol.